The van der Waals surface area contributed by atoms with Crippen molar-refractivity contribution in [3.63, 3.8) is 0 Å². The van der Waals surface area contributed by atoms with Crippen LogP contribution in [0.4, 0.5) is 19.3 Å². The van der Waals surface area contributed by atoms with Gasteiger partial charge < -0.3 is 9.84 Å². The van der Waals surface area contributed by atoms with E-state index in [9.17, 15) is 13.6 Å². The lowest BCUT2D eigenvalue weighted by atomic mass is 9.94. The molecule has 0 saturated heterocycles. The number of aryl methyl sites for hydroxylation is 1. The predicted octanol–water partition coefficient (Wildman–Crippen LogP) is 6.28. The molecule has 2 amide bonds. The van der Waals surface area contributed by atoms with Crippen molar-refractivity contribution >= 4 is 17.3 Å². The van der Waals surface area contributed by atoms with Crippen LogP contribution in [0.5, 0.6) is 0 Å². The molecule has 1 aliphatic rings. The highest BCUT2D eigenvalue weighted by Gasteiger charge is 2.36. The number of carbonyl (C=O) groups is 1. The summed E-state index contributed by atoms with van der Waals surface area (Å²) in [6, 6.07) is 19.0. The summed E-state index contributed by atoms with van der Waals surface area (Å²) in [6.07, 6.45) is 0.915. The van der Waals surface area contributed by atoms with Crippen LogP contribution in [0.3, 0.4) is 0 Å². The second kappa shape index (κ2) is 9.13. The van der Waals surface area contributed by atoms with Crippen LogP contribution in [0.2, 0.25) is 0 Å². The average Bonchev–Trinajstić information content (AvgIpc) is 3.33. The van der Waals surface area contributed by atoms with Crippen LogP contribution in [-0.2, 0) is 6.42 Å². The maximum Gasteiger partial charge on any atom is 0.327 e. The summed E-state index contributed by atoms with van der Waals surface area (Å²) in [5.41, 5.74) is 3.78. The van der Waals surface area contributed by atoms with Crippen molar-refractivity contribution in [1.82, 2.24) is 15.5 Å². The lowest BCUT2D eigenvalue weighted by Gasteiger charge is -2.35. The van der Waals surface area contributed by atoms with E-state index in [1.807, 2.05) is 54.6 Å². The smallest absolute Gasteiger partial charge is 0.327 e. The number of hydrogen-bond donors (Lipinski definition) is 1. The Morgan fingerprint density at radius 3 is 2.34 bits per heavy atom. The average molecular weight is 472 g/mol. The third-order valence-electron chi connectivity index (χ3n) is 6.00. The zero-order valence-corrected chi connectivity index (χ0v) is 19.1. The standard InChI is InChI=1S/C27H22F2N4O2/c1-3-17-9-11-19(12-10-17)25-31-26(35-32-25)23-16(2)33(22-14-20(28)13-21(29)15-22)27(34)30-24(23)18-7-5-4-6-8-18/h4-15,24H,3H2,1-2H3,(H,30,34). The molecular formula is C27H22F2N4O2. The van der Waals surface area contributed by atoms with E-state index in [-0.39, 0.29) is 11.6 Å². The largest absolute Gasteiger partial charge is 0.334 e. The number of halogens is 2. The number of rotatable bonds is 5. The Bertz CT molecular complexity index is 1390. The Kier molecular flexibility index (Phi) is 5.86. The second-order valence-electron chi connectivity index (χ2n) is 8.23. The molecule has 6 nitrogen and oxygen atoms in total. The second-order valence-corrected chi connectivity index (χ2v) is 8.23. The molecule has 5 rings (SSSR count). The molecule has 8 heteroatoms. The highest BCUT2D eigenvalue weighted by Crippen LogP contribution is 2.39. The van der Waals surface area contributed by atoms with Crippen LogP contribution in [0.25, 0.3) is 17.0 Å². The summed E-state index contributed by atoms with van der Waals surface area (Å²) < 4.78 is 33.6. The fourth-order valence-corrected chi connectivity index (χ4v) is 4.23. The maximum absolute atomic E-state index is 14.0. The quantitative estimate of drug-likeness (QED) is 0.371. The molecule has 0 fully saturated rings. The highest BCUT2D eigenvalue weighted by atomic mass is 19.1. The molecule has 0 saturated carbocycles. The summed E-state index contributed by atoms with van der Waals surface area (Å²) in [7, 11) is 0. The molecule has 176 valence electrons. The van der Waals surface area contributed by atoms with Gasteiger partial charge in [0.1, 0.15) is 11.6 Å². The number of nitrogens with one attached hydrogen (secondary N) is 1. The third kappa shape index (κ3) is 4.30. The Morgan fingerprint density at radius 2 is 1.69 bits per heavy atom. The monoisotopic (exact) mass is 472 g/mol. The van der Waals surface area contributed by atoms with Crippen LogP contribution < -0.4 is 10.2 Å². The normalized spacial score (nSPS) is 15.9. The molecule has 0 radical (unpaired) electrons. The van der Waals surface area contributed by atoms with Gasteiger partial charge in [-0.15, -0.1) is 0 Å². The minimum absolute atomic E-state index is 0.0522. The van der Waals surface area contributed by atoms with Crippen LogP contribution in [-0.4, -0.2) is 16.2 Å². The molecular weight excluding hydrogens is 450 g/mol. The molecule has 4 aromatic rings. The summed E-state index contributed by atoms with van der Waals surface area (Å²) >= 11 is 0. The van der Waals surface area contributed by atoms with E-state index in [1.54, 1.807) is 6.92 Å². The summed E-state index contributed by atoms with van der Waals surface area (Å²) in [5, 5.41) is 7.07. The number of hydrogen-bond acceptors (Lipinski definition) is 4. The summed E-state index contributed by atoms with van der Waals surface area (Å²) in [5.74, 6) is -0.978. The van der Waals surface area contributed by atoms with Crippen LogP contribution in [0, 0.1) is 11.6 Å². The van der Waals surface area contributed by atoms with E-state index in [1.165, 1.54) is 10.5 Å². The number of benzene rings is 3. The highest BCUT2D eigenvalue weighted by molar-refractivity contribution is 6.01. The Morgan fingerprint density at radius 1 is 1.00 bits per heavy atom. The lowest BCUT2D eigenvalue weighted by molar-refractivity contribution is 0.244. The molecule has 1 unspecified atom stereocenters. The van der Waals surface area contributed by atoms with Crippen molar-refractivity contribution < 1.29 is 18.1 Å². The number of anilines is 1. The number of allylic oxidation sites excluding steroid dienone is 1. The Labute approximate surface area is 200 Å². The molecule has 1 atom stereocenters. The number of nitrogens with zero attached hydrogens (tertiary/aromatic N) is 3. The first-order chi connectivity index (χ1) is 16.9. The van der Waals surface area contributed by atoms with Gasteiger partial charge in [-0.05, 0) is 36.6 Å². The maximum atomic E-state index is 14.0. The van der Waals surface area contributed by atoms with Crippen LogP contribution in [0.1, 0.15) is 36.9 Å². The Hall–Kier alpha value is -4.33. The first-order valence-corrected chi connectivity index (χ1v) is 11.2. The fourth-order valence-electron chi connectivity index (χ4n) is 4.23. The lowest BCUT2D eigenvalue weighted by Crippen LogP contribution is -2.46. The zero-order valence-electron chi connectivity index (χ0n) is 19.1. The fraction of sp³-hybridized carbons (Fsp3) is 0.148. The van der Waals surface area contributed by atoms with Gasteiger partial charge in [-0.3, -0.25) is 4.90 Å². The van der Waals surface area contributed by atoms with Gasteiger partial charge in [-0.1, -0.05) is 66.7 Å². The van der Waals surface area contributed by atoms with Gasteiger partial charge in [0.05, 0.1) is 17.3 Å². The van der Waals surface area contributed by atoms with E-state index in [2.05, 4.69) is 22.4 Å². The minimum atomic E-state index is -0.789. The van der Waals surface area contributed by atoms with Gasteiger partial charge in [-0.25, -0.2) is 13.6 Å². The predicted molar refractivity (Wildman–Crippen MR) is 128 cm³/mol. The van der Waals surface area contributed by atoms with Crippen molar-refractivity contribution in [2.45, 2.75) is 26.3 Å². The van der Waals surface area contributed by atoms with E-state index in [4.69, 9.17) is 4.52 Å². The van der Waals surface area contributed by atoms with Gasteiger partial charge in [0.15, 0.2) is 0 Å². The number of urea groups is 1. The molecule has 1 aliphatic heterocycles. The van der Waals surface area contributed by atoms with E-state index < -0.39 is 23.7 Å². The molecule has 35 heavy (non-hydrogen) atoms. The van der Waals surface area contributed by atoms with Gasteiger partial charge >= 0.3 is 6.03 Å². The number of carbonyl (C=O) groups excluding carboxylic acids is 1. The topological polar surface area (TPSA) is 71.3 Å². The summed E-state index contributed by atoms with van der Waals surface area (Å²) in [6.45, 7) is 3.76. The number of aromatic nitrogens is 2. The zero-order chi connectivity index (χ0) is 24.5. The molecule has 1 N–H and O–H groups in total. The third-order valence-corrected chi connectivity index (χ3v) is 6.00. The first-order valence-electron chi connectivity index (χ1n) is 11.2. The molecule has 2 heterocycles. The molecule has 0 aliphatic carbocycles. The van der Waals surface area contributed by atoms with Crippen molar-refractivity contribution in [3.05, 3.63) is 107 Å². The van der Waals surface area contributed by atoms with Crippen molar-refractivity contribution in [3.8, 4) is 11.4 Å². The van der Waals surface area contributed by atoms with Gasteiger partial charge in [0.2, 0.25) is 5.82 Å². The Balaban J connectivity index is 1.64. The molecule has 1 aromatic heterocycles. The molecule has 3 aromatic carbocycles. The first kappa shape index (κ1) is 22.5. The van der Waals surface area contributed by atoms with E-state index >= 15 is 0 Å². The minimum Gasteiger partial charge on any atom is -0.334 e. The summed E-state index contributed by atoms with van der Waals surface area (Å²) in [4.78, 5) is 19.0. The van der Waals surface area contributed by atoms with Crippen LogP contribution in [0.15, 0.2) is 83.0 Å². The number of amides is 2. The van der Waals surface area contributed by atoms with E-state index in [0.717, 1.165) is 35.7 Å². The molecule has 0 spiro atoms. The van der Waals surface area contributed by atoms with Gasteiger partial charge in [-0.2, -0.15) is 4.98 Å². The van der Waals surface area contributed by atoms with Crippen molar-refractivity contribution in [1.29, 1.82) is 0 Å². The van der Waals surface area contributed by atoms with E-state index in [0.29, 0.717) is 17.1 Å². The van der Waals surface area contributed by atoms with Gasteiger partial charge in [0.25, 0.3) is 5.89 Å². The van der Waals surface area contributed by atoms with Gasteiger partial charge in [0, 0.05) is 17.3 Å². The molecule has 0 bridgehead atoms. The SMILES string of the molecule is CCc1ccc(-c2noc(C3=C(C)N(c4cc(F)cc(F)c4)C(=O)NC3c3ccccc3)n2)cc1. The van der Waals surface area contributed by atoms with Crippen molar-refractivity contribution in [2.75, 3.05) is 4.90 Å². The van der Waals surface area contributed by atoms with Crippen LogP contribution >= 0.6 is 0 Å². The van der Waals surface area contributed by atoms with Crippen molar-refractivity contribution in [2.24, 2.45) is 0 Å².